The molecule has 1 heterocycles. The molecule has 2 nitrogen and oxygen atoms in total. The summed E-state index contributed by atoms with van der Waals surface area (Å²) in [5, 5.41) is 3.75. The number of hydrogen-bond donors (Lipinski definition) is 2. The van der Waals surface area contributed by atoms with E-state index in [0.717, 1.165) is 12.8 Å². The van der Waals surface area contributed by atoms with Crippen LogP contribution < -0.4 is 11.1 Å². The van der Waals surface area contributed by atoms with Crippen LogP contribution in [0.15, 0.2) is 71.8 Å². The Kier molecular flexibility index (Phi) is 3.36. The summed E-state index contributed by atoms with van der Waals surface area (Å²) >= 11 is 0. The van der Waals surface area contributed by atoms with Gasteiger partial charge in [-0.3, -0.25) is 5.32 Å². The molecule has 1 aliphatic heterocycles. The first kappa shape index (κ1) is 13.7. The maximum atomic E-state index is 6.89. The number of benzene rings is 2. The molecule has 0 fully saturated rings. The smallest absolute Gasteiger partial charge is 0.116 e. The third-order valence-corrected chi connectivity index (χ3v) is 5.07. The largest absolute Gasteiger partial charge is 0.306 e. The maximum absolute atomic E-state index is 6.89. The third-order valence-electron chi connectivity index (χ3n) is 5.07. The van der Waals surface area contributed by atoms with Gasteiger partial charge in [-0.05, 0) is 48.0 Å². The lowest BCUT2D eigenvalue weighted by molar-refractivity contribution is 0.405. The molecule has 3 N–H and O–H groups in total. The minimum atomic E-state index is -0.516. The summed E-state index contributed by atoms with van der Waals surface area (Å²) < 4.78 is 0. The molecule has 4 rings (SSSR count). The molecule has 2 aromatic rings. The minimum absolute atomic E-state index is 0.252. The van der Waals surface area contributed by atoms with Crippen LogP contribution in [0.4, 0.5) is 0 Å². The Bertz CT molecular complexity index is 690. The quantitative estimate of drug-likeness (QED) is 0.820. The summed E-state index contributed by atoms with van der Waals surface area (Å²) in [4.78, 5) is 0. The minimum Gasteiger partial charge on any atom is -0.306 e. The van der Waals surface area contributed by atoms with Gasteiger partial charge in [0, 0.05) is 0 Å². The van der Waals surface area contributed by atoms with Gasteiger partial charge in [-0.15, -0.1) is 0 Å². The van der Waals surface area contributed by atoms with Gasteiger partial charge in [0.1, 0.15) is 5.66 Å². The van der Waals surface area contributed by atoms with E-state index in [1.165, 1.54) is 35.1 Å². The lowest BCUT2D eigenvalue weighted by atomic mass is 9.82. The van der Waals surface area contributed by atoms with Gasteiger partial charge in [0.25, 0.3) is 0 Å². The van der Waals surface area contributed by atoms with Crippen molar-refractivity contribution in [2.75, 3.05) is 0 Å². The molecule has 2 atom stereocenters. The number of hydrogen-bond acceptors (Lipinski definition) is 2. The van der Waals surface area contributed by atoms with Gasteiger partial charge in [-0.1, -0.05) is 60.7 Å². The molecule has 0 spiro atoms. The van der Waals surface area contributed by atoms with Gasteiger partial charge in [0.2, 0.25) is 0 Å². The van der Waals surface area contributed by atoms with Crippen LogP contribution in [0.3, 0.4) is 0 Å². The molecule has 2 heteroatoms. The molecular formula is C20H22N2. The Morgan fingerprint density at radius 3 is 2.23 bits per heavy atom. The zero-order valence-electron chi connectivity index (χ0n) is 12.8. The predicted molar refractivity (Wildman–Crippen MR) is 90.1 cm³/mol. The zero-order valence-corrected chi connectivity index (χ0v) is 12.8. The Morgan fingerprint density at radius 1 is 0.864 bits per heavy atom. The summed E-state index contributed by atoms with van der Waals surface area (Å²) in [6.45, 7) is 0. The molecule has 0 radical (unpaired) electrons. The number of rotatable bonds is 2. The molecule has 0 bridgehead atoms. The standard InChI is InChI=1S/C20H22N2/c21-20(16-11-5-2-6-12-16)18-14-8-7-13-17(18)19(22-20)15-9-3-1-4-10-15/h1-6,9-12,19,22H,7-8,13-14,21H2. The first-order valence-corrected chi connectivity index (χ1v) is 8.18. The third kappa shape index (κ3) is 2.11. The van der Waals surface area contributed by atoms with Crippen LogP contribution >= 0.6 is 0 Å². The van der Waals surface area contributed by atoms with Gasteiger partial charge >= 0.3 is 0 Å². The lowest BCUT2D eigenvalue weighted by Crippen LogP contribution is -2.49. The van der Waals surface area contributed by atoms with E-state index < -0.39 is 5.66 Å². The average Bonchev–Trinajstić information content (AvgIpc) is 2.91. The summed E-state index contributed by atoms with van der Waals surface area (Å²) in [5.41, 5.74) is 11.8. The molecule has 0 aromatic heterocycles. The topological polar surface area (TPSA) is 38.0 Å². The maximum Gasteiger partial charge on any atom is 0.116 e. The average molecular weight is 290 g/mol. The first-order chi connectivity index (χ1) is 10.8. The molecule has 112 valence electrons. The fraction of sp³-hybridized carbons (Fsp3) is 0.300. The monoisotopic (exact) mass is 290 g/mol. The van der Waals surface area contributed by atoms with Crippen molar-refractivity contribution in [1.82, 2.24) is 5.32 Å². The SMILES string of the molecule is NC1(c2ccccc2)NC(c2ccccc2)C2=C1CCCC2. The second-order valence-corrected chi connectivity index (χ2v) is 6.37. The number of nitrogens with one attached hydrogen (secondary N) is 1. The summed E-state index contributed by atoms with van der Waals surface area (Å²) in [7, 11) is 0. The van der Waals surface area contributed by atoms with Crippen LogP contribution in [0, 0.1) is 0 Å². The van der Waals surface area contributed by atoms with E-state index in [9.17, 15) is 0 Å². The van der Waals surface area contributed by atoms with Crippen molar-refractivity contribution in [2.45, 2.75) is 37.4 Å². The van der Waals surface area contributed by atoms with Crippen molar-refractivity contribution in [1.29, 1.82) is 0 Å². The van der Waals surface area contributed by atoms with E-state index in [4.69, 9.17) is 5.73 Å². The highest BCUT2D eigenvalue weighted by atomic mass is 15.2. The van der Waals surface area contributed by atoms with Crippen molar-refractivity contribution in [3.05, 3.63) is 82.9 Å². The second kappa shape index (κ2) is 5.38. The van der Waals surface area contributed by atoms with Crippen LogP contribution in [0.1, 0.15) is 42.9 Å². The van der Waals surface area contributed by atoms with Crippen LogP contribution in [-0.4, -0.2) is 0 Å². The van der Waals surface area contributed by atoms with Crippen molar-refractivity contribution >= 4 is 0 Å². The zero-order chi connectivity index (χ0) is 15.0. The first-order valence-electron chi connectivity index (χ1n) is 8.18. The molecule has 2 aromatic carbocycles. The normalized spacial score (nSPS) is 27.8. The fourth-order valence-electron chi connectivity index (χ4n) is 3.99. The summed E-state index contributed by atoms with van der Waals surface area (Å²) in [6, 6.07) is 21.4. The predicted octanol–water partition coefficient (Wildman–Crippen LogP) is 4.01. The molecule has 2 unspecified atom stereocenters. The highest BCUT2D eigenvalue weighted by molar-refractivity contribution is 5.47. The van der Waals surface area contributed by atoms with E-state index in [2.05, 4.69) is 59.9 Å². The number of nitrogens with two attached hydrogens (primary N) is 1. The van der Waals surface area contributed by atoms with Crippen molar-refractivity contribution < 1.29 is 0 Å². The van der Waals surface area contributed by atoms with E-state index >= 15 is 0 Å². The van der Waals surface area contributed by atoms with Gasteiger partial charge in [0.05, 0.1) is 6.04 Å². The molecule has 1 aliphatic carbocycles. The summed E-state index contributed by atoms with van der Waals surface area (Å²) in [6.07, 6.45) is 4.78. The Balaban J connectivity index is 1.81. The molecule has 0 saturated heterocycles. The van der Waals surface area contributed by atoms with E-state index in [1.54, 1.807) is 0 Å². The van der Waals surface area contributed by atoms with Gasteiger partial charge in [-0.25, -0.2) is 0 Å². The van der Waals surface area contributed by atoms with Crippen LogP contribution in [-0.2, 0) is 5.66 Å². The van der Waals surface area contributed by atoms with Crippen LogP contribution in [0.2, 0.25) is 0 Å². The van der Waals surface area contributed by atoms with Crippen LogP contribution in [0.25, 0.3) is 0 Å². The van der Waals surface area contributed by atoms with Gasteiger partial charge in [0.15, 0.2) is 0 Å². The van der Waals surface area contributed by atoms with E-state index in [1.807, 2.05) is 6.07 Å². The van der Waals surface area contributed by atoms with Crippen molar-refractivity contribution in [3.63, 3.8) is 0 Å². The highest BCUT2D eigenvalue weighted by Gasteiger charge is 2.44. The van der Waals surface area contributed by atoms with E-state index in [-0.39, 0.29) is 6.04 Å². The van der Waals surface area contributed by atoms with E-state index in [0.29, 0.717) is 0 Å². The molecule has 2 aliphatic rings. The molecular weight excluding hydrogens is 268 g/mol. The van der Waals surface area contributed by atoms with Crippen molar-refractivity contribution in [2.24, 2.45) is 5.73 Å². The lowest BCUT2D eigenvalue weighted by Gasteiger charge is -2.31. The Morgan fingerprint density at radius 2 is 1.50 bits per heavy atom. The second-order valence-electron chi connectivity index (χ2n) is 6.37. The Labute approximate surface area is 132 Å². The molecule has 22 heavy (non-hydrogen) atoms. The highest BCUT2D eigenvalue weighted by Crippen LogP contribution is 2.47. The van der Waals surface area contributed by atoms with Crippen molar-refractivity contribution in [3.8, 4) is 0 Å². The van der Waals surface area contributed by atoms with Gasteiger partial charge < -0.3 is 5.73 Å². The summed E-state index contributed by atoms with van der Waals surface area (Å²) in [5.74, 6) is 0. The molecule has 0 saturated carbocycles. The molecule has 0 amide bonds. The van der Waals surface area contributed by atoms with Crippen LogP contribution in [0.5, 0.6) is 0 Å². The van der Waals surface area contributed by atoms with Gasteiger partial charge in [-0.2, -0.15) is 0 Å². The Hall–Kier alpha value is -1.90. The fourth-order valence-corrected chi connectivity index (χ4v) is 3.99.